The van der Waals surface area contributed by atoms with Crippen LogP contribution < -0.4 is 0 Å². The van der Waals surface area contributed by atoms with Gasteiger partial charge in [0, 0.05) is 38.9 Å². The summed E-state index contributed by atoms with van der Waals surface area (Å²) in [5.74, 6) is 1.62. The van der Waals surface area contributed by atoms with Gasteiger partial charge >= 0.3 is 0 Å². The summed E-state index contributed by atoms with van der Waals surface area (Å²) in [5, 5.41) is 0. The fourth-order valence-corrected chi connectivity index (χ4v) is 3.66. The van der Waals surface area contributed by atoms with Crippen LogP contribution in [-0.4, -0.2) is 46.9 Å². The summed E-state index contributed by atoms with van der Waals surface area (Å²) in [6.45, 7) is 4.66. The van der Waals surface area contributed by atoms with Gasteiger partial charge in [-0.2, -0.15) is 0 Å². The lowest BCUT2D eigenvalue weighted by Crippen LogP contribution is -2.33. The molecule has 2 aliphatic heterocycles. The summed E-state index contributed by atoms with van der Waals surface area (Å²) in [6, 6.07) is 9.55. The molecule has 114 valence electrons. The highest BCUT2D eigenvalue weighted by Crippen LogP contribution is 2.32. The molecular weight excluding hydrogens is 278 g/mol. The first-order valence-electron chi connectivity index (χ1n) is 7.74. The van der Waals surface area contributed by atoms with E-state index in [1.165, 1.54) is 0 Å². The molecule has 4 rings (SSSR count). The van der Waals surface area contributed by atoms with Crippen LogP contribution in [0.4, 0.5) is 0 Å². The Morgan fingerprint density at radius 2 is 1.95 bits per heavy atom. The zero-order chi connectivity index (χ0) is 14.9. The molecule has 0 aromatic carbocycles. The largest absolute Gasteiger partial charge is 0.459 e. The first kappa shape index (κ1) is 13.5. The zero-order valence-electron chi connectivity index (χ0n) is 12.4. The molecule has 2 atom stereocenters. The Balaban J connectivity index is 1.36. The van der Waals surface area contributed by atoms with Gasteiger partial charge in [-0.3, -0.25) is 14.7 Å². The van der Waals surface area contributed by atoms with E-state index >= 15 is 0 Å². The molecule has 2 aromatic heterocycles. The van der Waals surface area contributed by atoms with Crippen LogP contribution in [0.3, 0.4) is 0 Å². The molecule has 0 N–H and O–H groups in total. The number of furan rings is 1. The minimum absolute atomic E-state index is 0.0238. The van der Waals surface area contributed by atoms with E-state index in [-0.39, 0.29) is 5.91 Å². The van der Waals surface area contributed by atoms with Crippen molar-refractivity contribution in [1.29, 1.82) is 0 Å². The van der Waals surface area contributed by atoms with E-state index < -0.39 is 0 Å². The summed E-state index contributed by atoms with van der Waals surface area (Å²) in [6.07, 6.45) is 3.40. The van der Waals surface area contributed by atoms with Gasteiger partial charge in [0.15, 0.2) is 5.76 Å². The predicted molar refractivity (Wildman–Crippen MR) is 81.1 cm³/mol. The molecule has 2 fully saturated rings. The Morgan fingerprint density at radius 3 is 2.59 bits per heavy atom. The molecule has 0 radical (unpaired) electrons. The van der Waals surface area contributed by atoms with Crippen molar-refractivity contribution in [3.05, 3.63) is 54.2 Å². The van der Waals surface area contributed by atoms with E-state index in [4.69, 9.17) is 4.42 Å². The summed E-state index contributed by atoms with van der Waals surface area (Å²) in [5.41, 5.74) is 1.12. The molecule has 0 bridgehead atoms. The summed E-state index contributed by atoms with van der Waals surface area (Å²) in [7, 11) is 0. The Morgan fingerprint density at radius 1 is 1.14 bits per heavy atom. The first-order valence-corrected chi connectivity index (χ1v) is 7.74. The molecule has 1 amide bonds. The number of aromatic nitrogens is 1. The van der Waals surface area contributed by atoms with Crippen LogP contribution in [0.15, 0.2) is 47.2 Å². The average molecular weight is 297 g/mol. The van der Waals surface area contributed by atoms with Gasteiger partial charge in [-0.05, 0) is 36.1 Å². The number of hydrogen-bond donors (Lipinski definition) is 0. The van der Waals surface area contributed by atoms with Crippen LogP contribution in [0.2, 0.25) is 0 Å². The third-order valence-corrected chi connectivity index (χ3v) is 4.69. The topological polar surface area (TPSA) is 49.6 Å². The van der Waals surface area contributed by atoms with Crippen molar-refractivity contribution in [2.24, 2.45) is 11.8 Å². The maximum absolute atomic E-state index is 12.3. The van der Waals surface area contributed by atoms with E-state index in [0.717, 1.165) is 38.4 Å². The van der Waals surface area contributed by atoms with Crippen molar-refractivity contribution >= 4 is 5.91 Å². The quantitative estimate of drug-likeness (QED) is 0.868. The van der Waals surface area contributed by atoms with Gasteiger partial charge in [0.25, 0.3) is 5.91 Å². The van der Waals surface area contributed by atoms with Gasteiger partial charge in [0.05, 0.1) is 12.0 Å². The van der Waals surface area contributed by atoms with Crippen LogP contribution in [0.1, 0.15) is 16.2 Å². The molecule has 0 aliphatic carbocycles. The minimum Gasteiger partial charge on any atom is -0.459 e. The highest BCUT2D eigenvalue weighted by Gasteiger charge is 2.42. The van der Waals surface area contributed by atoms with Crippen LogP contribution in [0, 0.1) is 11.8 Å². The third kappa shape index (κ3) is 2.52. The highest BCUT2D eigenvalue weighted by atomic mass is 16.3. The number of fused-ring (bicyclic) bond motifs is 1. The lowest BCUT2D eigenvalue weighted by molar-refractivity contribution is 0.0741. The molecule has 5 heteroatoms. The smallest absolute Gasteiger partial charge is 0.289 e. The molecule has 22 heavy (non-hydrogen) atoms. The average Bonchev–Trinajstić information content (AvgIpc) is 3.23. The first-order chi connectivity index (χ1) is 10.8. The van der Waals surface area contributed by atoms with Crippen LogP contribution in [0.25, 0.3) is 0 Å². The number of hydrogen-bond acceptors (Lipinski definition) is 4. The molecule has 0 spiro atoms. The molecule has 2 aromatic rings. The van der Waals surface area contributed by atoms with Gasteiger partial charge < -0.3 is 9.32 Å². The zero-order valence-corrected chi connectivity index (χ0v) is 12.4. The van der Waals surface area contributed by atoms with Crippen LogP contribution in [0.5, 0.6) is 0 Å². The van der Waals surface area contributed by atoms with E-state index in [1.807, 2.05) is 23.2 Å². The number of amides is 1. The van der Waals surface area contributed by atoms with E-state index in [0.29, 0.717) is 17.6 Å². The monoisotopic (exact) mass is 297 g/mol. The van der Waals surface area contributed by atoms with Crippen molar-refractivity contribution in [3.8, 4) is 0 Å². The molecular formula is C17H19N3O2. The van der Waals surface area contributed by atoms with E-state index in [1.54, 1.807) is 18.4 Å². The fraction of sp³-hybridized carbons (Fsp3) is 0.412. The van der Waals surface area contributed by atoms with Crippen molar-refractivity contribution in [2.75, 3.05) is 26.2 Å². The maximum Gasteiger partial charge on any atom is 0.289 e. The van der Waals surface area contributed by atoms with Crippen molar-refractivity contribution < 1.29 is 9.21 Å². The van der Waals surface area contributed by atoms with Crippen molar-refractivity contribution in [3.63, 3.8) is 0 Å². The van der Waals surface area contributed by atoms with Gasteiger partial charge in [0.1, 0.15) is 0 Å². The molecule has 0 saturated carbocycles. The van der Waals surface area contributed by atoms with Gasteiger partial charge in [-0.25, -0.2) is 0 Å². The molecule has 2 saturated heterocycles. The Kier molecular flexibility index (Phi) is 3.42. The molecule has 5 nitrogen and oxygen atoms in total. The number of likely N-dealkylation sites (tertiary alicyclic amines) is 2. The number of pyridine rings is 1. The SMILES string of the molecule is O=C(c1ccco1)N1C[C@H]2CN(Cc3ccccn3)C[C@H]2C1. The van der Waals surface area contributed by atoms with Gasteiger partial charge in [0.2, 0.25) is 0 Å². The van der Waals surface area contributed by atoms with Crippen LogP contribution >= 0.6 is 0 Å². The highest BCUT2D eigenvalue weighted by molar-refractivity contribution is 5.91. The standard InChI is InChI=1S/C17H19N3O2/c21-17(16-5-3-7-22-16)20-10-13-8-19(9-14(13)11-20)12-15-4-1-2-6-18-15/h1-7,13-14H,8-12H2/t13-,14+. The summed E-state index contributed by atoms with van der Waals surface area (Å²) in [4.78, 5) is 21.1. The predicted octanol–water partition coefficient (Wildman–Crippen LogP) is 1.88. The summed E-state index contributed by atoms with van der Waals surface area (Å²) < 4.78 is 5.22. The van der Waals surface area contributed by atoms with Crippen LogP contribution in [-0.2, 0) is 6.54 Å². The minimum atomic E-state index is 0.0238. The van der Waals surface area contributed by atoms with E-state index in [9.17, 15) is 4.79 Å². The normalized spacial score (nSPS) is 24.6. The van der Waals surface area contributed by atoms with Gasteiger partial charge in [-0.1, -0.05) is 6.07 Å². The fourth-order valence-electron chi connectivity index (χ4n) is 3.66. The lowest BCUT2D eigenvalue weighted by atomic mass is 10.0. The molecule has 2 aliphatic rings. The number of rotatable bonds is 3. The Bertz CT molecular complexity index is 627. The molecule has 4 heterocycles. The van der Waals surface area contributed by atoms with E-state index in [2.05, 4.69) is 16.0 Å². The third-order valence-electron chi connectivity index (χ3n) is 4.69. The second-order valence-electron chi connectivity index (χ2n) is 6.22. The lowest BCUT2D eigenvalue weighted by Gasteiger charge is -2.20. The maximum atomic E-state index is 12.3. The van der Waals surface area contributed by atoms with Gasteiger partial charge in [-0.15, -0.1) is 0 Å². The van der Waals surface area contributed by atoms with Crippen molar-refractivity contribution in [1.82, 2.24) is 14.8 Å². The Hall–Kier alpha value is -2.14. The number of nitrogens with zero attached hydrogens (tertiary/aromatic N) is 3. The summed E-state index contributed by atoms with van der Waals surface area (Å²) >= 11 is 0. The second-order valence-corrected chi connectivity index (χ2v) is 6.22. The number of carbonyl (C=O) groups excluding carboxylic acids is 1. The second kappa shape index (κ2) is 5.57. The Labute approximate surface area is 129 Å². The van der Waals surface area contributed by atoms with Crippen molar-refractivity contribution in [2.45, 2.75) is 6.54 Å². The number of carbonyl (C=O) groups is 1. The molecule has 0 unspecified atom stereocenters.